The Labute approximate surface area is 114 Å². The van der Waals surface area contributed by atoms with Crippen molar-refractivity contribution in [2.24, 2.45) is 5.10 Å². The summed E-state index contributed by atoms with van der Waals surface area (Å²) < 4.78 is 51.4. The fraction of sp³-hybridized carbons (Fsp3) is 0.0909. The van der Waals surface area contributed by atoms with Gasteiger partial charge in [0.15, 0.2) is 0 Å². The number of nitrogens with one attached hydrogen (secondary N) is 1. The first-order valence-corrected chi connectivity index (χ1v) is 6.12. The highest BCUT2D eigenvalue weighted by molar-refractivity contribution is 7.14. The highest BCUT2D eigenvalue weighted by Crippen LogP contribution is 2.24. The Morgan fingerprint density at radius 2 is 2.05 bits per heavy atom. The minimum absolute atomic E-state index is 0.260. The van der Waals surface area contributed by atoms with Crippen LogP contribution < -0.4 is 11.2 Å². The zero-order chi connectivity index (χ0) is 14.7. The first-order valence-electron chi connectivity index (χ1n) is 5.24. The largest absolute Gasteiger partial charge is 0.383 e. The maximum atomic E-state index is 13.5. The molecule has 0 bridgehead atoms. The molecule has 3 N–H and O–H groups in total. The third-order valence-electron chi connectivity index (χ3n) is 2.24. The van der Waals surface area contributed by atoms with E-state index in [4.69, 9.17) is 5.73 Å². The van der Waals surface area contributed by atoms with E-state index in [1.165, 1.54) is 11.3 Å². The Hall–Kier alpha value is -2.16. The lowest BCUT2D eigenvalue weighted by Crippen LogP contribution is -1.99. The van der Waals surface area contributed by atoms with E-state index in [0.29, 0.717) is 23.1 Å². The average molecular weight is 304 g/mol. The number of thiazole rings is 1. The topological polar surface area (TPSA) is 63.3 Å². The van der Waals surface area contributed by atoms with Crippen LogP contribution in [-0.4, -0.2) is 11.2 Å². The van der Waals surface area contributed by atoms with Crippen molar-refractivity contribution in [3.05, 3.63) is 40.3 Å². The van der Waals surface area contributed by atoms with Gasteiger partial charge in [-0.3, -0.25) is 5.43 Å². The van der Waals surface area contributed by atoms with Gasteiger partial charge in [-0.1, -0.05) is 0 Å². The lowest BCUT2D eigenvalue weighted by molar-refractivity contribution is 0.146. The second-order valence-electron chi connectivity index (χ2n) is 3.64. The molecule has 2 aromatic rings. The number of rotatable bonds is 4. The fourth-order valence-electron chi connectivity index (χ4n) is 1.34. The number of benzene rings is 1. The molecule has 0 radical (unpaired) electrons. The summed E-state index contributed by atoms with van der Waals surface area (Å²) in [7, 11) is 0. The minimum Gasteiger partial charge on any atom is -0.383 e. The predicted octanol–water partition coefficient (Wildman–Crippen LogP) is 3.39. The molecule has 1 heterocycles. The minimum atomic E-state index is -3.08. The highest BCUT2D eigenvalue weighted by atomic mass is 32.1. The Balaban J connectivity index is 2.15. The Morgan fingerprint density at radius 3 is 2.65 bits per heavy atom. The highest BCUT2D eigenvalue weighted by Gasteiger charge is 2.16. The number of nitrogens with two attached hydrogens (primary N) is 1. The van der Waals surface area contributed by atoms with Crippen LogP contribution in [0.4, 0.5) is 28.5 Å². The molecule has 0 aliphatic heterocycles. The lowest BCUT2D eigenvalue weighted by Gasteiger charge is -2.04. The van der Waals surface area contributed by atoms with E-state index in [2.05, 4.69) is 15.5 Å². The number of alkyl halides is 2. The van der Waals surface area contributed by atoms with Crippen molar-refractivity contribution in [3.8, 4) is 0 Å². The van der Waals surface area contributed by atoms with E-state index in [-0.39, 0.29) is 5.56 Å². The summed E-state index contributed by atoms with van der Waals surface area (Å²) in [6.07, 6.45) is -2.11. The molecule has 0 aliphatic rings. The molecule has 0 amide bonds. The molecule has 20 heavy (non-hydrogen) atoms. The van der Waals surface area contributed by atoms with Crippen LogP contribution in [0.2, 0.25) is 0 Å². The van der Waals surface area contributed by atoms with Crippen LogP contribution in [0, 0.1) is 11.6 Å². The third-order valence-corrected chi connectivity index (χ3v) is 3.00. The Bertz CT molecular complexity index is 641. The van der Waals surface area contributed by atoms with Crippen LogP contribution in [0.25, 0.3) is 0 Å². The fourth-order valence-corrected chi connectivity index (χ4v) is 1.89. The predicted molar refractivity (Wildman–Crippen MR) is 69.1 cm³/mol. The summed E-state index contributed by atoms with van der Waals surface area (Å²) in [5, 5.41) is 5.55. The lowest BCUT2D eigenvalue weighted by atomic mass is 10.1. The molecular formula is C11H8F4N4S. The van der Waals surface area contributed by atoms with E-state index >= 15 is 0 Å². The standard InChI is InChI=1S/C11H8F4N4S/c12-7-2-6(10(14)15)8(13)1-5(7)3-17-19-11-18-9(16)4-20-11/h1-4,10H,16H2,(H,18,19). The summed E-state index contributed by atoms with van der Waals surface area (Å²) in [6, 6.07) is 1.10. The smallest absolute Gasteiger partial charge is 0.266 e. The average Bonchev–Trinajstić information content (AvgIpc) is 2.78. The molecule has 0 unspecified atom stereocenters. The van der Waals surface area contributed by atoms with Crippen molar-refractivity contribution in [2.75, 3.05) is 11.2 Å². The number of nitrogens with zero attached hydrogens (tertiary/aromatic N) is 2. The van der Waals surface area contributed by atoms with Crippen LogP contribution >= 0.6 is 11.3 Å². The van der Waals surface area contributed by atoms with E-state index in [1.807, 2.05) is 0 Å². The Morgan fingerprint density at radius 1 is 1.30 bits per heavy atom. The van der Waals surface area contributed by atoms with Crippen LogP contribution in [0.3, 0.4) is 0 Å². The number of nitrogen functional groups attached to an aromatic ring is 1. The molecule has 9 heteroatoms. The maximum absolute atomic E-state index is 13.5. The molecule has 0 saturated heterocycles. The zero-order valence-electron chi connectivity index (χ0n) is 9.78. The van der Waals surface area contributed by atoms with Gasteiger partial charge in [0, 0.05) is 10.9 Å². The van der Waals surface area contributed by atoms with Gasteiger partial charge in [0.05, 0.1) is 11.8 Å². The van der Waals surface area contributed by atoms with Crippen LogP contribution in [0.5, 0.6) is 0 Å². The van der Waals surface area contributed by atoms with E-state index in [1.54, 1.807) is 5.38 Å². The molecular weight excluding hydrogens is 296 g/mol. The van der Waals surface area contributed by atoms with E-state index in [0.717, 1.165) is 6.21 Å². The second kappa shape index (κ2) is 5.87. The second-order valence-corrected chi connectivity index (χ2v) is 4.50. The van der Waals surface area contributed by atoms with Gasteiger partial charge in [0.25, 0.3) is 6.43 Å². The molecule has 2 rings (SSSR count). The van der Waals surface area contributed by atoms with Crippen molar-refractivity contribution in [3.63, 3.8) is 0 Å². The van der Waals surface area contributed by atoms with Crippen molar-refractivity contribution < 1.29 is 17.6 Å². The molecule has 0 aliphatic carbocycles. The van der Waals surface area contributed by atoms with Gasteiger partial charge in [-0.25, -0.2) is 22.5 Å². The Kier molecular flexibility index (Phi) is 4.18. The summed E-state index contributed by atoms with van der Waals surface area (Å²) >= 11 is 1.17. The SMILES string of the molecule is Nc1csc(NN=Cc2cc(F)c(C(F)F)cc2F)n1. The quantitative estimate of drug-likeness (QED) is 0.517. The van der Waals surface area contributed by atoms with Crippen LogP contribution in [0.15, 0.2) is 22.6 Å². The molecule has 4 nitrogen and oxygen atoms in total. The number of hydrogen-bond acceptors (Lipinski definition) is 5. The normalized spacial score (nSPS) is 11.4. The van der Waals surface area contributed by atoms with Crippen molar-refractivity contribution in [1.29, 1.82) is 0 Å². The summed E-state index contributed by atoms with van der Waals surface area (Å²) in [6.45, 7) is 0. The van der Waals surface area contributed by atoms with Gasteiger partial charge in [-0.05, 0) is 12.1 Å². The molecule has 0 atom stereocenters. The maximum Gasteiger partial charge on any atom is 0.266 e. The van der Waals surface area contributed by atoms with Crippen molar-refractivity contribution in [1.82, 2.24) is 4.98 Å². The van der Waals surface area contributed by atoms with Crippen LogP contribution in [0.1, 0.15) is 17.6 Å². The van der Waals surface area contributed by atoms with Gasteiger partial charge < -0.3 is 5.73 Å². The van der Waals surface area contributed by atoms with E-state index in [9.17, 15) is 17.6 Å². The van der Waals surface area contributed by atoms with E-state index < -0.39 is 23.6 Å². The number of hydrogen-bond donors (Lipinski definition) is 2. The molecule has 1 aromatic heterocycles. The van der Waals surface area contributed by atoms with Crippen molar-refractivity contribution in [2.45, 2.75) is 6.43 Å². The van der Waals surface area contributed by atoms with Gasteiger partial charge in [0.1, 0.15) is 17.5 Å². The molecule has 0 spiro atoms. The number of hydrazone groups is 1. The first kappa shape index (κ1) is 14.3. The third kappa shape index (κ3) is 3.23. The van der Waals surface area contributed by atoms with Gasteiger partial charge >= 0.3 is 0 Å². The number of halogens is 4. The summed E-state index contributed by atoms with van der Waals surface area (Å²) in [4.78, 5) is 3.82. The first-order chi connectivity index (χ1) is 9.47. The molecule has 0 saturated carbocycles. The van der Waals surface area contributed by atoms with Crippen LogP contribution in [-0.2, 0) is 0 Å². The monoisotopic (exact) mass is 304 g/mol. The molecule has 106 valence electrons. The summed E-state index contributed by atoms with van der Waals surface area (Å²) in [5.41, 5.74) is 6.59. The van der Waals surface area contributed by atoms with Crippen molar-refractivity contribution >= 4 is 28.5 Å². The molecule has 0 fully saturated rings. The zero-order valence-corrected chi connectivity index (χ0v) is 10.6. The number of aromatic nitrogens is 1. The molecule has 1 aromatic carbocycles. The van der Waals surface area contributed by atoms with Gasteiger partial charge in [0.2, 0.25) is 5.13 Å². The van der Waals surface area contributed by atoms with Gasteiger partial charge in [-0.15, -0.1) is 11.3 Å². The van der Waals surface area contributed by atoms with Gasteiger partial charge in [-0.2, -0.15) is 5.10 Å². The summed E-state index contributed by atoms with van der Waals surface area (Å²) in [5.74, 6) is -1.89. The number of anilines is 2.